The Hall–Kier alpha value is -1.10. The number of rotatable bonds is 6. The van der Waals surface area contributed by atoms with Gasteiger partial charge in [-0.3, -0.25) is 9.80 Å². The lowest BCUT2D eigenvalue weighted by molar-refractivity contribution is 0.0457. The van der Waals surface area contributed by atoms with Gasteiger partial charge in [-0.2, -0.15) is 0 Å². The van der Waals surface area contributed by atoms with Gasteiger partial charge in [-0.25, -0.2) is 0 Å². The summed E-state index contributed by atoms with van der Waals surface area (Å²) in [7, 11) is 4.14. The minimum absolute atomic E-state index is 0.746. The average Bonchev–Trinajstić information content (AvgIpc) is 2.56. The molecule has 0 spiro atoms. The molecule has 1 aromatic rings. The van der Waals surface area contributed by atoms with Gasteiger partial charge in [0, 0.05) is 38.8 Å². The van der Waals surface area contributed by atoms with E-state index in [2.05, 4.69) is 53.1 Å². The normalized spacial score (nSPS) is 23.0. The third kappa shape index (κ3) is 4.93. The molecule has 0 amide bonds. The second-order valence-electron chi connectivity index (χ2n) is 7.22. The first-order valence-corrected chi connectivity index (χ1v) is 9.03. The number of fused-ring (bicyclic) bond motifs is 1. The first-order valence-electron chi connectivity index (χ1n) is 9.03. The molecule has 4 heteroatoms. The molecular weight excluding hydrogens is 286 g/mol. The van der Waals surface area contributed by atoms with Crippen LogP contribution in [0, 0.1) is 0 Å². The third-order valence-electron chi connectivity index (χ3n) is 5.06. The molecule has 3 rings (SSSR count). The molecule has 0 N–H and O–H groups in total. The number of likely N-dealkylation sites (N-methyl/N-ethyl adjacent to an activating group) is 1. The van der Waals surface area contributed by atoms with Crippen molar-refractivity contribution in [3.05, 3.63) is 29.8 Å². The van der Waals surface area contributed by atoms with Crippen molar-refractivity contribution in [2.75, 3.05) is 53.4 Å². The molecule has 4 nitrogen and oxygen atoms in total. The van der Waals surface area contributed by atoms with Crippen molar-refractivity contribution in [2.24, 2.45) is 0 Å². The Balaban J connectivity index is 1.46. The lowest BCUT2D eigenvalue weighted by atomic mass is 9.99. The quantitative estimate of drug-likeness (QED) is 0.801. The molecular formula is C19H31N3O. The molecule has 2 saturated heterocycles. The molecule has 0 bridgehead atoms. The van der Waals surface area contributed by atoms with E-state index in [1.165, 1.54) is 51.0 Å². The fourth-order valence-corrected chi connectivity index (χ4v) is 3.66. The van der Waals surface area contributed by atoms with Crippen LogP contribution in [0.25, 0.3) is 0 Å². The monoisotopic (exact) mass is 317 g/mol. The van der Waals surface area contributed by atoms with Crippen molar-refractivity contribution in [3.63, 3.8) is 0 Å². The largest absolute Gasteiger partial charge is 0.492 e. The van der Waals surface area contributed by atoms with Crippen molar-refractivity contribution in [1.82, 2.24) is 14.7 Å². The Bertz CT molecular complexity index is 474. The summed E-state index contributed by atoms with van der Waals surface area (Å²) in [5.74, 6) is 0.979. The van der Waals surface area contributed by atoms with Gasteiger partial charge >= 0.3 is 0 Å². The zero-order valence-corrected chi connectivity index (χ0v) is 14.7. The number of ether oxygens (including phenoxy) is 1. The van der Waals surface area contributed by atoms with E-state index in [0.29, 0.717) is 0 Å². The minimum atomic E-state index is 0.746. The van der Waals surface area contributed by atoms with Crippen LogP contribution in [0.5, 0.6) is 5.75 Å². The number of nitrogens with zero attached hydrogens (tertiary/aromatic N) is 3. The first kappa shape index (κ1) is 16.7. The van der Waals surface area contributed by atoms with Gasteiger partial charge in [0.2, 0.25) is 0 Å². The maximum Gasteiger partial charge on any atom is 0.119 e. The summed E-state index contributed by atoms with van der Waals surface area (Å²) >= 11 is 0. The number of benzene rings is 1. The van der Waals surface area contributed by atoms with E-state index in [9.17, 15) is 0 Å². The van der Waals surface area contributed by atoms with Gasteiger partial charge in [0.05, 0.1) is 0 Å². The van der Waals surface area contributed by atoms with Crippen LogP contribution in [0.1, 0.15) is 24.8 Å². The molecule has 1 aromatic carbocycles. The van der Waals surface area contributed by atoms with Crippen LogP contribution in [0.2, 0.25) is 0 Å². The number of piperazine rings is 1. The minimum Gasteiger partial charge on any atom is -0.492 e. The summed E-state index contributed by atoms with van der Waals surface area (Å²) in [6.07, 6.45) is 4.19. The third-order valence-corrected chi connectivity index (χ3v) is 5.06. The molecule has 1 unspecified atom stereocenters. The van der Waals surface area contributed by atoms with Gasteiger partial charge in [0.15, 0.2) is 0 Å². The van der Waals surface area contributed by atoms with Crippen molar-refractivity contribution < 1.29 is 4.74 Å². The maximum absolute atomic E-state index is 5.77. The Morgan fingerprint density at radius 1 is 1.09 bits per heavy atom. The van der Waals surface area contributed by atoms with Crippen LogP contribution in [-0.4, -0.2) is 74.2 Å². The number of hydrogen-bond donors (Lipinski definition) is 0. The van der Waals surface area contributed by atoms with E-state index in [0.717, 1.165) is 31.5 Å². The predicted molar refractivity (Wildman–Crippen MR) is 95.0 cm³/mol. The highest BCUT2D eigenvalue weighted by atomic mass is 16.5. The Labute approximate surface area is 141 Å². The van der Waals surface area contributed by atoms with E-state index in [4.69, 9.17) is 4.74 Å². The molecule has 1 atom stereocenters. The molecule has 2 aliphatic heterocycles. The summed E-state index contributed by atoms with van der Waals surface area (Å²) < 4.78 is 5.77. The molecule has 128 valence electrons. The lowest BCUT2D eigenvalue weighted by Gasteiger charge is -2.44. The van der Waals surface area contributed by atoms with Crippen LogP contribution >= 0.6 is 0 Å². The second kappa shape index (κ2) is 8.13. The van der Waals surface area contributed by atoms with E-state index >= 15 is 0 Å². The van der Waals surface area contributed by atoms with E-state index < -0.39 is 0 Å². The van der Waals surface area contributed by atoms with E-state index in [-0.39, 0.29) is 0 Å². The zero-order chi connectivity index (χ0) is 16.1. The molecule has 0 saturated carbocycles. The summed E-state index contributed by atoms with van der Waals surface area (Å²) in [6, 6.07) is 9.46. The average molecular weight is 317 g/mol. The molecule has 2 aliphatic rings. The Morgan fingerprint density at radius 3 is 2.70 bits per heavy atom. The van der Waals surface area contributed by atoms with E-state index in [1.807, 2.05) is 0 Å². The molecule has 0 radical (unpaired) electrons. The highest BCUT2D eigenvalue weighted by molar-refractivity contribution is 5.27. The van der Waals surface area contributed by atoms with E-state index in [1.54, 1.807) is 0 Å². The maximum atomic E-state index is 5.77. The van der Waals surface area contributed by atoms with Crippen LogP contribution in [-0.2, 0) is 6.54 Å². The van der Waals surface area contributed by atoms with Gasteiger partial charge in [-0.15, -0.1) is 0 Å². The fourth-order valence-electron chi connectivity index (χ4n) is 3.66. The van der Waals surface area contributed by atoms with Crippen LogP contribution < -0.4 is 4.74 Å². The SMILES string of the molecule is CN(C)CCOc1ccc(CN2CCN3CCCCC3C2)cc1. The van der Waals surface area contributed by atoms with Crippen LogP contribution in [0.15, 0.2) is 24.3 Å². The number of hydrogen-bond acceptors (Lipinski definition) is 4. The Kier molecular flexibility index (Phi) is 5.92. The van der Waals surface area contributed by atoms with Crippen LogP contribution in [0.4, 0.5) is 0 Å². The van der Waals surface area contributed by atoms with Crippen molar-refractivity contribution in [1.29, 1.82) is 0 Å². The summed E-state index contributed by atoms with van der Waals surface area (Å²) in [4.78, 5) is 7.45. The van der Waals surface area contributed by atoms with Crippen molar-refractivity contribution in [3.8, 4) is 5.75 Å². The molecule has 23 heavy (non-hydrogen) atoms. The molecule has 0 aromatic heterocycles. The first-order chi connectivity index (χ1) is 11.2. The second-order valence-corrected chi connectivity index (χ2v) is 7.22. The topological polar surface area (TPSA) is 19.0 Å². The lowest BCUT2D eigenvalue weighted by Crippen LogP contribution is -2.54. The summed E-state index contributed by atoms with van der Waals surface area (Å²) in [5.41, 5.74) is 1.40. The highest BCUT2D eigenvalue weighted by Crippen LogP contribution is 2.22. The Morgan fingerprint density at radius 2 is 1.91 bits per heavy atom. The van der Waals surface area contributed by atoms with Gasteiger partial charge in [-0.05, 0) is 51.2 Å². The number of piperidine rings is 1. The predicted octanol–water partition coefficient (Wildman–Crippen LogP) is 2.30. The van der Waals surface area contributed by atoms with Gasteiger partial charge in [0.1, 0.15) is 12.4 Å². The molecule has 0 aliphatic carbocycles. The van der Waals surface area contributed by atoms with Gasteiger partial charge < -0.3 is 9.64 Å². The van der Waals surface area contributed by atoms with Gasteiger partial charge in [-0.1, -0.05) is 18.6 Å². The fraction of sp³-hybridized carbons (Fsp3) is 0.684. The van der Waals surface area contributed by atoms with Crippen LogP contribution in [0.3, 0.4) is 0 Å². The van der Waals surface area contributed by atoms with Crippen molar-refractivity contribution >= 4 is 0 Å². The molecule has 2 heterocycles. The zero-order valence-electron chi connectivity index (χ0n) is 14.7. The summed E-state index contributed by atoms with van der Waals surface area (Å²) in [6.45, 7) is 7.78. The summed E-state index contributed by atoms with van der Waals surface area (Å²) in [5, 5.41) is 0. The smallest absolute Gasteiger partial charge is 0.119 e. The standard InChI is InChI=1S/C19H31N3O/c1-20(2)13-14-23-19-8-6-17(7-9-19)15-21-11-12-22-10-4-3-5-18(22)16-21/h6-9,18H,3-5,10-16H2,1-2H3. The van der Waals surface area contributed by atoms with Crippen molar-refractivity contribution in [2.45, 2.75) is 31.8 Å². The molecule has 2 fully saturated rings. The highest BCUT2D eigenvalue weighted by Gasteiger charge is 2.28. The van der Waals surface area contributed by atoms with Gasteiger partial charge in [0.25, 0.3) is 0 Å².